The number of carbonyl (C=O) groups is 2. The molecule has 210 valence electrons. The van der Waals surface area contributed by atoms with Gasteiger partial charge in [0.25, 0.3) is 5.91 Å². The summed E-state index contributed by atoms with van der Waals surface area (Å²) in [5, 5.41) is 22.1. The van der Waals surface area contributed by atoms with Gasteiger partial charge in [-0.2, -0.15) is 5.26 Å². The summed E-state index contributed by atoms with van der Waals surface area (Å²) in [5.74, 6) is -0.371. The Bertz CT molecular complexity index is 1720. The minimum atomic E-state index is -0.640. The number of rotatable bonds is 9. The van der Waals surface area contributed by atoms with Gasteiger partial charge in [-0.1, -0.05) is 78.5 Å². The van der Waals surface area contributed by atoms with Gasteiger partial charge in [-0.3, -0.25) is 9.59 Å². The maximum absolute atomic E-state index is 13.6. The highest BCUT2D eigenvalue weighted by Crippen LogP contribution is 2.41. The lowest BCUT2D eigenvalue weighted by molar-refractivity contribution is -0.114. The Kier molecular flexibility index (Phi) is 8.90. The average molecular weight is 575 g/mol. The van der Waals surface area contributed by atoms with Crippen LogP contribution in [0.4, 0.5) is 11.4 Å². The molecule has 0 saturated heterocycles. The van der Waals surface area contributed by atoms with Gasteiger partial charge in [0.2, 0.25) is 5.91 Å². The minimum absolute atomic E-state index is 0.0750. The fraction of sp³-hybridized carbons (Fsp3) is 0.147. The van der Waals surface area contributed by atoms with E-state index in [4.69, 9.17) is 4.74 Å². The van der Waals surface area contributed by atoms with Gasteiger partial charge < -0.3 is 20.7 Å². The zero-order chi connectivity index (χ0) is 29.5. The first kappa shape index (κ1) is 28.5. The van der Waals surface area contributed by atoms with Crippen molar-refractivity contribution in [1.29, 1.82) is 5.26 Å². The van der Waals surface area contributed by atoms with Gasteiger partial charge >= 0.3 is 0 Å². The number of hydrogen-bond donors (Lipinski definition) is 3. The van der Waals surface area contributed by atoms with E-state index in [0.29, 0.717) is 39.9 Å². The molecule has 0 aromatic heterocycles. The monoisotopic (exact) mass is 574 g/mol. The summed E-state index contributed by atoms with van der Waals surface area (Å²) in [5.41, 5.74) is 3.56. The maximum Gasteiger partial charge on any atom is 0.254 e. The third-order valence-electron chi connectivity index (χ3n) is 6.86. The van der Waals surface area contributed by atoms with E-state index in [1.807, 2.05) is 111 Å². The zero-order valence-corrected chi connectivity index (χ0v) is 24.1. The highest BCUT2D eigenvalue weighted by atomic mass is 32.2. The lowest BCUT2D eigenvalue weighted by Gasteiger charge is -2.30. The third kappa shape index (κ3) is 6.32. The van der Waals surface area contributed by atoms with Gasteiger partial charge in [0.05, 0.1) is 34.9 Å². The Hall–Kier alpha value is -5.00. The molecule has 42 heavy (non-hydrogen) atoms. The number of nitriles is 1. The molecule has 1 atom stereocenters. The molecule has 1 unspecified atom stereocenters. The number of amides is 2. The maximum atomic E-state index is 13.6. The number of allylic oxidation sites excluding steroid dienone is 2. The summed E-state index contributed by atoms with van der Waals surface area (Å²) in [4.78, 5) is 26.7. The van der Waals surface area contributed by atoms with Crippen molar-refractivity contribution >= 4 is 45.7 Å². The topological polar surface area (TPSA) is 103 Å². The summed E-state index contributed by atoms with van der Waals surface area (Å²) in [6.45, 7) is 4.25. The van der Waals surface area contributed by atoms with Crippen molar-refractivity contribution in [2.75, 3.05) is 23.0 Å². The number of dihydropyridines is 1. The Morgan fingerprint density at radius 3 is 2.38 bits per heavy atom. The van der Waals surface area contributed by atoms with Crippen molar-refractivity contribution in [2.45, 2.75) is 19.8 Å². The first-order valence-electron chi connectivity index (χ1n) is 13.6. The zero-order valence-electron chi connectivity index (χ0n) is 23.3. The van der Waals surface area contributed by atoms with Crippen LogP contribution in [0.15, 0.2) is 119 Å². The number of nitrogens with zero attached hydrogens (tertiary/aromatic N) is 1. The highest BCUT2D eigenvalue weighted by Gasteiger charge is 2.35. The van der Waals surface area contributed by atoms with Crippen molar-refractivity contribution in [3.8, 4) is 11.8 Å². The molecule has 1 aliphatic rings. The van der Waals surface area contributed by atoms with E-state index in [1.54, 1.807) is 0 Å². The molecule has 0 spiro atoms. The largest absolute Gasteiger partial charge is 0.494 e. The number of ether oxygens (including phenoxy) is 1. The smallest absolute Gasteiger partial charge is 0.254 e. The molecule has 4 aromatic carbocycles. The lowest BCUT2D eigenvalue weighted by atomic mass is 9.82. The van der Waals surface area contributed by atoms with Gasteiger partial charge in [0, 0.05) is 28.0 Å². The van der Waals surface area contributed by atoms with Gasteiger partial charge in [-0.05, 0) is 55.1 Å². The van der Waals surface area contributed by atoms with Crippen LogP contribution in [0.2, 0.25) is 0 Å². The molecule has 2 amide bonds. The fourth-order valence-electron chi connectivity index (χ4n) is 4.96. The summed E-state index contributed by atoms with van der Waals surface area (Å²) < 4.78 is 5.61. The van der Waals surface area contributed by atoms with Crippen molar-refractivity contribution in [3.05, 3.63) is 124 Å². The van der Waals surface area contributed by atoms with Crippen LogP contribution in [0.5, 0.6) is 5.75 Å². The Labute approximate surface area is 249 Å². The fourth-order valence-corrected chi connectivity index (χ4v) is 5.85. The first-order valence-corrected chi connectivity index (χ1v) is 14.6. The summed E-state index contributed by atoms with van der Waals surface area (Å²) in [6, 6.07) is 32.6. The average Bonchev–Trinajstić information content (AvgIpc) is 3.01. The second kappa shape index (κ2) is 13.1. The number of carbonyl (C=O) groups excluding carboxylic acids is 2. The molecular weight excluding hydrogens is 544 g/mol. The third-order valence-corrected chi connectivity index (χ3v) is 7.88. The standard InChI is InChI=1S/C34H30N4O3S/c1-3-41-26-18-16-24(17-19-26)32-28(20-35)34(36-22(2)31(32)33(40)37-25-12-5-4-6-13-25)42-21-30(39)38-29-15-9-11-23-10-7-8-14-27(23)29/h4-19,32,36H,3,21H2,1-2H3,(H,37,40)(H,38,39). The number of benzene rings is 4. The number of para-hydroxylation sites is 1. The molecule has 0 bridgehead atoms. The molecule has 0 aliphatic carbocycles. The molecular formula is C34H30N4O3S. The summed E-state index contributed by atoms with van der Waals surface area (Å²) in [7, 11) is 0. The number of fused-ring (bicyclic) bond motifs is 1. The van der Waals surface area contributed by atoms with E-state index < -0.39 is 5.92 Å². The van der Waals surface area contributed by atoms with Crippen molar-refractivity contribution in [1.82, 2.24) is 5.32 Å². The van der Waals surface area contributed by atoms with Gasteiger partial charge in [0.1, 0.15) is 5.75 Å². The number of hydrogen-bond acceptors (Lipinski definition) is 6. The Balaban J connectivity index is 1.43. The summed E-state index contributed by atoms with van der Waals surface area (Å²) in [6.07, 6.45) is 0. The SMILES string of the molecule is CCOc1ccc(C2C(C#N)=C(SCC(=O)Nc3cccc4ccccc34)NC(C)=C2C(=O)Nc2ccccc2)cc1. The predicted molar refractivity (Wildman–Crippen MR) is 169 cm³/mol. The van der Waals surface area contributed by atoms with Crippen LogP contribution in [0.1, 0.15) is 25.3 Å². The molecule has 0 fully saturated rings. The number of thioether (sulfide) groups is 1. The Morgan fingerprint density at radius 2 is 1.64 bits per heavy atom. The van der Waals surface area contributed by atoms with E-state index >= 15 is 0 Å². The van der Waals surface area contributed by atoms with Crippen LogP contribution in [0.3, 0.4) is 0 Å². The van der Waals surface area contributed by atoms with Crippen LogP contribution in [-0.2, 0) is 9.59 Å². The van der Waals surface area contributed by atoms with Gasteiger partial charge in [-0.25, -0.2) is 0 Å². The predicted octanol–water partition coefficient (Wildman–Crippen LogP) is 6.95. The Morgan fingerprint density at radius 1 is 0.929 bits per heavy atom. The molecule has 5 rings (SSSR count). The first-order chi connectivity index (χ1) is 20.5. The highest BCUT2D eigenvalue weighted by molar-refractivity contribution is 8.03. The second-order valence-corrected chi connectivity index (χ2v) is 10.6. The normalized spacial score (nSPS) is 14.6. The van der Waals surface area contributed by atoms with Crippen molar-refractivity contribution < 1.29 is 14.3 Å². The molecule has 0 radical (unpaired) electrons. The molecule has 1 aliphatic heterocycles. The van der Waals surface area contributed by atoms with Gasteiger partial charge in [-0.15, -0.1) is 0 Å². The van der Waals surface area contributed by atoms with E-state index in [1.165, 1.54) is 11.8 Å². The lowest BCUT2D eigenvalue weighted by Crippen LogP contribution is -2.31. The van der Waals surface area contributed by atoms with Crippen LogP contribution in [0.25, 0.3) is 10.8 Å². The molecule has 1 heterocycles. The number of anilines is 2. The molecule has 8 heteroatoms. The minimum Gasteiger partial charge on any atom is -0.494 e. The van der Waals surface area contributed by atoms with E-state index in [2.05, 4.69) is 22.0 Å². The van der Waals surface area contributed by atoms with E-state index in [9.17, 15) is 14.9 Å². The van der Waals surface area contributed by atoms with Crippen LogP contribution in [-0.4, -0.2) is 24.2 Å². The molecule has 7 nitrogen and oxygen atoms in total. The van der Waals surface area contributed by atoms with Crippen molar-refractivity contribution in [3.63, 3.8) is 0 Å². The van der Waals surface area contributed by atoms with Crippen molar-refractivity contribution in [2.24, 2.45) is 0 Å². The summed E-state index contributed by atoms with van der Waals surface area (Å²) >= 11 is 1.24. The quantitative estimate of drug-likeness (QED) is 0.200. The van der Waals surface area contributed by atoms with Crippen LogP contribution >= 0.6 is 11.8 Å². The van der Waals surface area contributed by atoms with E-state index in [-0.39, 0.29) is 17.6 Å². The molecule has 3 N–H and O–H groups in total. The number of nitrogens with one attached hydrogen (secondary N) is 3. The van der Waals surface area contributed by atoms with Gasteiger partial charge in [0.15, 0.2) is 0 Å². The molecule has 0 saturated carbocycles. The van der Waals surface area contributed by atoms with Crippen LogP contribution in [0, 0.1) is 11.3 Å². The van der Waals surface area contributed by atoms with Crippen LogP contribution < -0.4 is 20.7 Å². The van der Waals surface area contributed by atoms with E-state index in [0.717, 1.165) is 22.0 Å². The molecule has 4 aromatic rings. The second-order valence-electron chi connectivity index (χ2n) is 9.64.